The first-order valence-electron chi connectivity index (χ1n) is 11.3. The third-order valence-electron chi connectivity index (χ3n) is 6.87. The van der Waals surface area contributed by atoms with Gasteiger partial charge >= 0.3 is 0 Å². The first kappa shape index (κ1) is 28.4. The van der Waals surface area contributed by atoms with E-state index in [-0.39, 0.29) is 63.0 Å². The Morgan fingerprint density at radius 3 is 2.17 bits per heavy atom. The second-order valence-electron chi connectivity index (χ2n) is 9.13. The Kier molecular flexibility index (Phi) is 8.38. The quantitative estimate of drug-likeness (QED) is 0.556. The molecule has 2 aliphatic rings. The van der Waals surface area contributed by atoms with E-state index >= 15 is 0 Å². The number of halogens is 5. The van der Waals surface area contributed by atoms with Crippen LogP contribution in [0.1, 0.15) is 36.0 Å². The molecule has 0 spiro atoms. The van der Waals surface area contributed by atoms with Crippen LogP contribution in [0.4, 0.5) is 17.6 Å². The van der Waals surface area contributed by atoms with E-state index in [0.29, 0.717) is 0 Å². The van der Waals surface area contributed by atoms with Crippen LogP contribution in [-0.2, 0) is 17.1 Å². The van der Waals surface area contributed by atoms with Gasteiger partial charge in [-0.05, 0) is 25.0 Å². The first-order chi connectivity index (χ1) is 16.4. The monoisotopic (exact) mass is 553 g/mol. The lowest BCUT2D eigenvalue weighted by Gasteiger charge is -2.50. The normalized spacial score (nSPS) is 20.5. The zero-order valence-electron chi connectivity index (χ0n) is 19.6. The minimum absolute atomic E-state index is 0. The molecule has 1 saturated carbocycles. The highest BCUT2D eigenvalue weighted by molar-refractivity contribution is 7.89. The van der Waals surface area contributed by atoms with E-state index in [9.17, 15) is 30.8 Å². The van der Waals surface area contributed by atoms with Gasteiger partial charge in [0.1, 0.15) is 17.2 Å². The topological polar surface area (TPSA) is 87.5 Å². The van der Waals surface area contributed by atoms with Gasteiger partial charge in [-0.2, -0.15) is 4.31 Å². The molecule has 1 aliphatic heterocycles. The molecule has 1 saturated heterocycles. The van der Waals surface area contributed by atoms with Crippen LogP contribution in [-0.4, -0.2) is 77.3 Å². The van der Waals surface area contributed by atoms with Gasteiger partial charge in [-0.1, -0.05) is 6.07 Å². The fraction of sp³-hybridized carbons (Fsp3) is 0.545. The van der Waals surface area contributed by atoms with E-state index in [1.165, 1.54) is 21.4 Å². The van der Waals surface area contributed by atoms with Crippen LogP contribution in [0.15, 0.2) is 35.7 Å². The largest absolute Gasteiger partial charge is 0.350 e. The predicted octanol–water partition coefficient (Wildman–Crippen LogP) is 2.80. The second kappa shape index (κ2) is 10.6. The van der Waals surface area contributed by atoms with Crippen LogP contribution in [0.5, 0.6) is 0 Å². The van der Waals surface area contributed by atoms with Gasteiger partial charge < -0.3 is 9.88 Å². The van der Waals surface area contributed by atoms with E-state index in [1.54, 1.807) is 7.05 Å². The molecular weight excluding hydrogens is 526 g/mol. The van der Waals surface area contributed by atoms with E-state index in [2.05, 4.69) is 10.3 Å². The number of carbonyl (C=O) groups excluding carboxylic acids is 1. The molecule has 0 unspecified atom stereocenters. The van der Waals surface area contributed by atoms with Crippen molar-refractivity contribution in [2.45, 2.75) is 42.2 Å². The van der Waals surface area contributed by atoms with E-state index < -0.39 is 57.4 Å². The number of alkyl halides is 2. The highest BCUT2D eigenvalue weighted by Gasteiger charge is 2.48. The van der Waals surface area contributed by atoms with Gasteiger partial charge in [0.15, 0.2) is 5.03 Å². The van der Waals surface area contributed by atoms with Crippen LogP contribution < -0.4 is 5.32 Å². The van der Waals surface area contributed by atoms with Crippen molar-refractivity contribution in [1.29, 1.82) is 0 Å². The summed E-state index contributed by atoms with van der Waals surface area (Å²) in [7, 11) is -2.14. The molecule has 2 aromatic rings. The molecule has 0 atom stereocenters. The summed E-state index contributed by atoms with van der Waals surface area (Å²) in [6, 6.07) is 3.08. The average molecular weight is 554 g/mol. The van der Waals surface area contributed by atoms with Crippen molar-refractivity contribution in [2.75, 3.05) is 32.7 Å². The molecule has 2 heterocycles. The molecule has 1 aliphatic carbocycles. The second-order valence-corrected chi connectivity index (χ2v) is 11.0. The van der Waals surface area contributed by atoms with Crippen molar-refractivity contribution in [1.82, 2.24) is 24.1 Å². The minimum atomic E-state index is -3.80. The standard InChI is InChI=1S/C22H27F4N5O3S.ClH/c1-29-13-18(28-15-29)35(33,34)31-11-9-30(10-12-31)21(5-7-22(25,26)8-6-21)14-27-20(32)19-16(23)3-2-4-17(19)24;/h2-4,13,15H,5-12,14H2,1H3,(H,27,32);1H. The number of nitrogens with zero attached hydrogens (tertiary/aromatic N) is 4. The molecule has 0 bridgehead atoms. The van der Waals surface area contributed by atoms with Crippen molar-refractivity contribution in [3.63, 3.8) is 0 Å². The summed E-state index contributed by atoms with van der Waals surface area (Å²) < 4.78 is 84.7. The molecule has 200 valence electrons. The van der Waals surface area contributed by atoms with Gasteiger partial charge in [-0.25, -0.2) is 31.0 Å². The Labute approximate surface area is 213 Å². The summed E-state index contributed by atoms with van der Waals surface area (Å²) in [6.07, 6.45) is 2.10. The third-order valence-corrected chi connectivity index (χ3v) is 8.66. The maximum absolute atomic E-state index is 14.0. The molecule has 1 aromatic heterocycles. The molecule has 0 radical (unpaired) electrons. The number of nitrogens with one attached hydrogen (secondary N) is 1. The van der Waals surface area contributed by atoms with Gasteiger partial charge in [-0.3, -0.25) is 9.69 Å². The van der Waals surface area contributed by atoms with Crippen molar-refractivity contribution in [2.24, 2.45) is 7.05 Å². The summed E-state index contributed by atoms with van der Waals surface area (Å²) in [4.78, 5) is 18.4. The number of carbonyl (C=O) groups is 1. The average Bonchev–Trinajstić information content (AvgIpc) is 3.26. The molecule has 2 fully saturated rings. The number of benzene rings is 1. The van der Waals surface area contributed by atoms with Crippen LogP contribution in [0.2, 0.25) is 0 Å². The number of piperazine rings is 1. The lowest BCUT2D eigenvalue weighted by atomic mass is 9.78. The highest BCUT2D eigenvalue weighted by atomic mass is 35.5. The van der Waals surface area contributed by atoms with E-state index in [0.717, 1.165) is 18.2 Å². The Bertz CT molecular complexity index is 1170. The van der Waals surface area contributed by atoms with Crippen LogP contribution in [0, 0.1) is 11.6 Å². The summed E-state index contributed by atoms with van der Waals surface area (Å²) in [5.74, 6) is -5.83. The van der Waals surface area contributed by atoms with Crippen LogP contribution in [0.25, 0.3) is 0 Å². The van der Waals surface area contributed by atoms with Crippen molar-refractivity contribution in [3.8, 4) is 0 Å². The molecule has 1 N–H and O–H groups in total. The van der Waals surface area contributed by atoms with Gasteiger partial charge in [0.25, 0.3) is 15.9 Å². The highest BCUT2D eigenvalue weighted by Crippen LogP contribution is 2.42. The Morgan fingerprint density at radius 1 is 1.06 bits per heavy atom. The van der Waals surface area contributed by atoms with Gasteiger partial charge in [0, 0.05) is 64.3 Å². The summed E-state index contributed by atoms with van der Waals surface area (Å²) in [6.45, 7) is 0.645. The van der Waals surface area contributed by atoms with E-state index in [1.807, 2.05) is 4.90 Å². The summed E-state index contributed by atoms with van der Waals surface area (Å²) >= 11 is 0. The number of amides is 1. The van der Waals surface area contributed by atoms with Crippen molar-refractivity contribution in [3.05, 3.63) is 47.9 Å². The number of rotatable bonds is 6. The van der Waals surface area contributed by atoms with Crippen LogP contribution >= 0.6 is 12.4 Å². The SMILES string of the molecule is Cl.Cn1cnc(S(=O)(=O)N2CCN(C3(CNC(=O)c4c(F)cccc4F)CCC(F)(F)CC3)CC2)c1. The number of aryl methyl sites for hydroxylation is 1. The zero-order valence-corrected chi connectivity index (χ0v) is 21.2. The molecular formula is C22H28ClF4N5O3S. The summed E-state index contributed by atoms with van der Waals surface area (Å²) in [5.41, 5.74) is -1.62. The maximum atomic E-state index is 14.0. The molecule has 1 amide bonds. The Morgan fingerprint density at radius 2 is 1.64 bits per heavy atom. The first-order valence-corrected chi connectivity index (χ1v) is 12.7. The molecule has 4 rings (SSSR count). The third kappa shape index (κ3) is 5.68. The Balaban J connectivity index is 0.00000361. The molecule has 14 heteroatoms. The molecule has 1 aromatic carbocycles. The number of hydrogen-bond acceptors (Lipinski definition) is 5. The molecule has 8 nitrogen and oxygen atoms in total. The van der Waals surface area contributed by atoms with Crippen molar-refractivity contribution < 1.29 is 30.8 Å². The smallest absolute Gasteiger partial charge is 0.262 e. The predicted molar refractivity (Wildman–Crippen MR) is 126 cm³/mol. The van der Waals surface area contributed by atoms with Gasteiger partial charge in [0.05, 0.1) is 6.33 Å². The fourth-order valence-electron chi connectivity index (χ4n) is 4.79. The number of hydrogen-bond donors (Lipinski definition) is 1. The van der Waals surface area contributed by atoms with Crippen molar-refractivity contribution >= 4 is 28.3 Å². The lowest BCUT2D eigenvalue weighted by molar-refractivity contribution is -0.0856. The van der Waals surface area contributed by atoms with Crippen LogP contribution in [0.3, 0.4) is 0 Å². The van der Waals surface area contributed by atoms with E-state index in [4.69, 9.17) is 0 Å². The zero-order chi connectivity index (χ0) is 25.4. The fourth-order valence-corrected chi connectivity index (χ4v) is 6.18. The number of imidazole rings is 1. The summed E-state index contributed by atoms with van der Waals surface area (Å²) in [5, 5.41) is 2.47. The number of aromatic nitrogens is 2. The molecule has 36 heavy (non-hydrogen) atoms. The number of sulfonamides is 1. The van der Waals surface area contributed by atoms with Gasteiger partial charge in [-0.15, -0.1) is 12.4 Å². The Hall–Kier alpha value is -2.22. The maximum Gasteiger partial charge on any atom is 0.262 e. The minimum Gasteiger partial charge on any atom is -0.350 e. The van der Waals surface area contributed by atoms with Gasteiger partial charge in [0.2, 0.25) is 5.92 Å². The lowest BCUT2D eigenvalue weighted by Crippen LogP contribution is -2.63.